The molecule has 1 saturated carbocycles. The fraction of sp³-hybridized carbons (Fsp3) is 0.655. The van der Waals surface area contributed by atoms with Gasteiger partial charge in [-0.15, -0.1) is 0 Å². The number of aryl methyl sites for hydroxylation is 2. The first-order chi connectivity index (χ1) is 17.1. The van der Waals surface area contributed by atoms with Crippen LogP contribution < -0.4 is 14.4 Å². The molecule has 0 radical (unpaired) electrons. The van der Waals surface area contributed by atoms with Crippen LogP contribution in [-0.2, 0) is 19.3 Å². The van der Waals surface area contributed by atoms with Crippen molar-refractivity contribution >= 4 is 5.82 Å². The van der Waals surface area contributed by atoms with Crippen molar-refractivity contribution in [3.63, 3.8) is 0 Å². The molecule has 1 aromatic carbocycles. The molecular weight excluding hydrogens is 436 g/mol. The Morgan fingerprint density at radius 1 is 0.914 bits per heavy atom. The highest BCUT2D eigenvalue weighted by molar-refractivity contribution is 5.49. The molecule has 0 N–H and O–H groups in total. The van der Waals surface area contributed by atoms with Gasteiger partial charge in [-0.05, 0) is 62.3 Å². The molecule has 2 aromatic rings. The van der Waals surface area contributed by atoms with Crippen LogP contribution in [0.3, 0.4) is 0 Å². The lowest BCUT2D eigenvalue weighted by molar-refractivity contribution is 0.120. The quantitative estimate of drug-likeness (QED) is 0.432. The molecule has 2 aliphatic rings. The average molecular weight is 483 g/mol. The van der Waals surface area contributed by atoms with E-state index >= 15 is 0 Å². The largest absolute Gasteiger partial charge is 0.497 e. The summed E-state index contributed by atoms with van der Waals surface area (Å²) in [5.41, 5.74) is 3.89. The third kappa shape index (κ3) is 7.33. The Labute approximate surface area is 213 Å². The van der Waals surface area contributed by atoms with E-state index in [1.54, 1.807) is 20.5 Å². The standard InChI is InChI=1S/C19H32N4.C10H14O2/c1-3-5-10-18-17(7-4-2)19(21-15-20-18)23-13-11-22(12-14-23)16-8-6-9-16;1-4-8-7-9(11-2)5-6-10(8)12-3/h15-16H,3-14H2,1-2H3;5-7H,4H2,1-3H3. The molecule has 1 saturated heterocycles. The lowest BCUT2D eigenvalue weighted by atomic mass is 9.91. The second-order valence-corrected chi connectivity index (χ2v) is 9.62. The van der Waals surface area contributed by atoms with Crippen LogP contribution in [0.25, 0.3) is 0 Å². The van der Waals surface area contributed by atoms with Crippen molar-refractivity contribution in [2.75, 3.05) is 45.3 Å². The molecule has 1 aliphatic heterocycles. The summed E-state index contributed by atoms with van der Waals surface area (Å²) in [6, 6.07) is 6.70. The summed E-state index contributed by atoms with van der Waals surface area (Å²) in [4.78, 5) is 14.5. The molecule has 6 heteroatoms. The highest BCUT2D eigenvalue weighted by Crippen LogP contribution is 2.28. The molecule has 6 nitrogen and oxygen atoms in total. The monoisotopic (exact) mass is 482 g/mol. The van der Waals surface area contributed by atoms with Crippen LogP contribution >= 0.6 is 0 Å². The van der Waals surface area contributed by atoms with Crippen molar-refractivity contribution < 1.29 is 9.47 Å². The number of aromatic nitrogens is 2. The summed E-state index contributed by atoms with van der Waals surface area (Å²) < 4.78 is 10.3. The summed E-state index contributed by atoms with van der Waals surface area (Å²) in [5.74, 6) is 3.03. The predicted octanol–water partition coefficient (Wildman–Crippen LogP) is 5.71. The first-order valence-corrected chi connectivity index (χ1v) is 13.7. The fourth-order valence-electron chi connectivity index (χ4n) is 4.99. The van der Waals surface area contributed by atoms with Crippen molar-refractivity contribution in [2.45, 2.75) is 84.6 Å². The number of nitrogens with zero attached hydrogens (tertiary/aromatic N) is 4. The second-order valence-electron chi connectivity index (χ2n) is 9.62. The summed E-state index contributed by atoms with van der Waals surface area (Å²) >= 11 is 0. The van der Waals surface area contributed by atoms with Gasteiger partial charge in [0, 0.05) is 43.5 Å². The Bertz CT molecular complexity index is 892. The molecule has 194 valence electrons. The molecule has 0 bridgehead atoms. The van der Waals surface area contributed by atoms with Crippen LogP contribution in [0.15, 0.2) is 24.5 Å². The van der Waals surface area contributed by atoms with Gasteiger partial charge in [-0.3, -0.25) is 4.90 Å². The summed E-state index contributed by atoms with van der Waals surface area (Å²) in [6.07, 6.45) is 12.8. The van der Waals surface area contributed by atoms with Gasteiger partial charge in [0.1, 0.15) is 23.6 Å². The van der Waals surface area contributed by atoms with E-state index in [4.69, 9.17) is 14.5 Å². The first kappa shape index (κ1) is 27.3. The molecule has 1 aliphatic carbocycles. The molecule has 35 heavy (non-hydrogen) atoms. The Hall–Kier alpha value is -2.34. The van der Waals surface area contributed by atoms with Crippen molar-refractivity contribution in [2.24, 2.45) is 0 Å². The van der Waals surface area contributed by atoms with Crippen molar-refractivity contribution in [3.05, 3.63) is 41.3 Å². The van der Waals surface area contributed by atoms with Crippen LogP contribution in [-0.4, -0.2) is 61.3 Å². The number of hydrogen-bond donors (Lipinski definition) is 0. The van der Waals surface area contributed by atoms with E-state index in [2.05, 4.69) is 35.6 Å². The van der Waals surface area contributed by atoms with Gasteiger partial charge < -0.3 is 14.4 Å². The van der Waals surface area contributed by atoms with Gasteiger partial charge in [0.15, 0.2) is 0 Å². The van der Waals surface area contributed by atoms with Crippen LogP contribution in [0.2, 0.25) is 0 Å². The van der Waals surface area contributed by atoms with Crippen LogP contribution in [0.1, 0.15) is 76.1 Å². The van der Waals surface area contributed by atoms with Gasteiger partial charge in [0.25, 0.3) is 0 Å². The summed E-state index contributed by atoms with van der Waals surface area (Å²) in [5, 5.41) is 0. The number of unbranched alkanes of at least 4 members (excludes halogenated alkanes) is 1. The number of ether oxygens (including phenoxy) is 2. The zero-order chi connectivity index (χ0) is 25.0. The summed E-state index contributed by atoms with van der Waals surface area (Å²) in [6.45, 7) is 11.2. The predicted molar refractivity (Wildman–Crippen MR) is 145 cm³/mol. The van der Waals surface area contributed by atoms with Gasteiger partial charge in [0.2, 0.25) is 0 Å². The molecule has 4 rings (SSSR count). The molecule has 2 fully saturated rings. The molecule has 0 spiro atoms. The maximum Gasteiger partial charge on any atom is 0.135 e. The second kappa shape index (κ2) is 14.3. The Balaban J connectivity index is 0.000000241. The van der Waals surface area contributed by atoms with Gasteiger partial charge in [0.05, 0.1) is 14.2 Å². The maximum atomic E-state index is 5.18. The zero-order valence-electron chi connectivity index (χ0n) is 22.7. The highest BCUT2D eigenvalue weighted by Gasteiger charge is 2.29. The third-order valence-corrected chi connectivity index (χ3v) is 7.35. The maximum absolute atomic E-state index is 5.18. The molecule has 1 aromatic heterocycles. The van der Waals surface area contributed by atoms with E-state index in [-0.39, 0.29) is 0 Å². The van der Waals surface area contributed by atoms with E-state index in [0.29, 0.717) is 0 Å². The molecular formula is C29H46N4O2. The van der Waals surface area contributed by atoms with Gasteiger partial charge >= 0.3 is 0 Å². The number of piperazine rings is 1. The number of hydrogen-bond acceptors (Lipinski definition) is 6. The topological polar surface area (TPSA) is 50.7 Å². The Morgan fingerprint density at radius 2 is 1.69 bits per heavy atom. The van der Waals surface area contributed by atoms with E-state index in [9.17, 15) is 0 Å². The van der Waals surface area contributed by atoms with Gasteiger partial charge in [-0.1, -0.05) is 40.0 Å². The Morgan fingerprint density at radius 3 is 2.26 bits per heavy atom. The zero-order valence-corrected chi connectivity index (χ0v) is 22.7. The molecule has 0 atom stereocenters. The van der Waals surface area contributed by atoms with Crippen LogP contribution in [0.4, 0.5) is 5.82 Å². The van der Waals surface area contributed by atoms with E-state index in [1.807, 2.05) is 18.2 Å². The fourth-order valence-corrected chi connectivity index (χ4v) is 4.99. The first-order valence-electron chi connectivity index (χ1n) is 13.7. The molecule has 0 unspecified atom stereocenters. The van der Waals surface area contributed by atoms with E-state index in [1.165, 1.54) is 74.3 Å². The minimum atomic E-state index is 0.873. The SMILES string of the molecule is CCCCc1ncnc(N2CCN(C3CCC3)CC2)c1CCC.CCc1cc(OC)ccc1OC. The highest BCUT2D eigenvalue weighted by atomic mass is 16.5. The van der Waals surface area contributed by atoms with Crippen LogP contribution in [0.5, 0.6) is 11.5 Å². The minimum absolute atomic E-state index is 0.873. The van der Waals surface area contributed by atoms with Gasteiger partial charge in [-0.2, -0.15) is 0 Å². The van der Waals surface area contributed by atoms with E-state index in [0.717, 1.165) is 49.9 Å². The lowest BCUT2D eigenvalue weighted by Gasteiger charge is -2.43. The third-order valence-electron chi connectivity index (χ3n) is 7.35. The molecule has 0 amide bonds. The molecule has 2 heterocycles. The summed E-state index contributed by atoms with van der Waals surface area (Å²) in [7, 11) is 3.35. The van der Waals surface area contributed by atoms with Crippen molar-refractivity contribution in [1.29, 1.82) is 0 Å². The van der Waals surface area contributed by atoms with Crippen LogP contribution in [0, 0.1) is 0 Å². The lowest BCUT2D eigenvalue weighted by Crippen LogP contribution is -2.52. The van der Waals surface area contributed by atoms with Gasteiger partial charge in [-0.25, -0.2) is 9.97 Å². The number of methoxy groups -OCH3 is 2. The smallest absolute Gasteiger partial charge is 0.135 e. The number of anilines is 1. The van der Waals surface area contributed by atoms with E-state index < -0.39 is 0 Å². The average Bonchev–Trinajstić information content (AvgIpc) is 2.87. The minimum Gasteiger partial charge on any atom is -0.497 e. The number of benzene rings is 1. The normalized spacial score (nSPS) is 16.3. The Kier molecular flexibility index (Phi) is 11.1. The number of rotatable bonds is 10. The van der Waals surface area contributed by atoms with Crippen molar-refractivity contribution in [1.82, 2.24) is 14.9 Å². The van der Waals surface area contributed by atoms with Crippen molar-refractivity contribution in [3.8, 4) is 11.5 Å².